The van der Waals surface area contributed by atoms with E-state index in [-0.39, 0.29) is 0 Å². The van der Waals surface area contributed by atoms with E-state index in [0.29, 0.717) is 0 Å². The first-order valence-electron chi connectivity index (χ1n) is 8.07. The van der Waals surface area contributed by atoms with E-state index in [1.54, 1.807) is 18.4 Å². The van der Waals surface area contributed by atoms with Crippen LogP contribution in [0.25, 0.3) is 0 Å². The van der Waals surface area contributed by atoms with Crippen LogP contribution >= 0.6 is 11.3 Å². The Kier molecular flexibility index (Phi) is 5.46. The molecule has 0 spiro atoms. The largest absolute Gasteiger partial charge is 0.497 e. The lowest BCUT2D eigenvalue weighted by atomic mass is 9.91. The highest BCUT2D eigenvalue weighted by atomic mass is 32.1. The zero-order valence-electron chi connectivity index (χ0n) is 13.2. The van der Waals surface area contributed by atoms with Crippen molar-refractivity contribution in [1.29, 1.82) is 0 Å². The number of methoxy groups -OCH3 is 1. The van der Waals surface area contributed by atoms with Crippen LogP contribution in [0.3, 0.4) is 0 Å². The first-order valence-corrected chi connectivity index (χ1v) is 8.95. The molecule has 0 amide bonds. The molecule has 0 aliphatic carbocycles. The fourth-order valence-electron chi connectivity index (χ4n) is 3.25. The van der Waals surface area contributed by atoms with Gasteiger partial charge >= 0.3 is 0 Å². The number of rotatable bonds is 6. The van der Waals surface area contributed by atoms with Gasteiger partial charge in [-0.25, -0.2) is 4.98 Å². The minimum absolute atomic E-state index is 0.805. The van der Waals surface area contributed by atoms with Crippen molar-refractivity contribution in [3.8, 4) is 5.75 Å². The van der Waals surface area contributed by atoms with Crippen LogP contribution < -0.4 is 4.74 Å². The molecule has 1 aromatic heterocycles. The van der Waals surface area contributed by atoms with Crippen LogP contribution in [0.2, 0.25) is 0 Å². The van der Waals surface area contributed by atoms with E-state index in [2.05, 4.69) is 33.5 Å². The maximum atomic E-state index is 5.31. The van der Waals surface area contributed by atoms with Gasteiger partial charge in [0.25, 0.3) is 0 Å². The smallest absolute Gasteiger partial charge is 0.119 e. The van der Waals surface area contributed by atoms with Gasteiger partial charge in [-0.3, -0.25) is 4.90 Å². The second-order valence-corrected chi connectivity index (χ2v) is 7.04. The van der Waals surface area contributed by atoms with Gasteiger partial charge in [-0.2, -0.15) is 0 Å². The highest BCUT2D eigenvalue weighted by Gasteiger charge is 2.20. The average molecular weight is 316 g/mol. The topological polar surface area (TPSA) is 25.4 Å². The van der Waals surface area contributed by atoms with Gasteiger partial charge in [-0.05, 0) is 55.8 Å². The summed E-state index contributed by atoms with van der Waals surface area (Å²) in [6.07, 6.45) is 6.99. The summed E-state index contributed by atoms with van der Waals surface area (Å²) < 4.78 is 5.31. The summed E-state index contributed by atoms with van der Waals surface area (Å²) in [6, 6.07) is 8.47. The number of hydrogen-bond acceptors (Lipinski definition) is 4. The van der Waals surface area contributed by atoms with Crippen LogP contribution in [0.4, 0.5) is 0 Å². The van der Waals surface area contributed by atoms with Crippen LogP contribution in [0.1, 0.15) is 29.8 Å². The van der Waals surface area contributed by atoms with Crippen LogP contribution in [-0.2, 0) is 13.0 Å². The third kappa shape index (κ3) is 4.31. The molecule has 0 radical (unpaired) electrons. The fourth-order valence-corrected chi connectivity index (χ4v) is 3.91. The molecule has 0 saturated carbocycles. The zero-order valence-corrected chi connectivity index (χ0v) is 14.0. The molecule has 0 unspecified atom stereocenters. The minimum Gasteiger partial charge on any atom is -0.497 e. The minimum atomic E-state index is 0.805. The summed E-state index contributed by atoms with van der Waals surface area (Å²) in [6.45, 7) is 3.45. The predicted molar refractivity (Wildman–Crippen MR) is 91.4 cm³/mol. The molecular formula is C18H24N2OS. The molecule has 1 fully saturated rings. The fraction of sp³-hybridized carbons (Fsp3) is 0.500. The Hall–Kier alpha value is -1.39. The van der Waals surface area contributed by atoms with Gasteiger partial charge in [0.15, 0.2) is 0 Å². The first-order chi connectivity index (χ1) is 10.8. The lowest BCUT2D eigenvalue weighted by Crippen LogP contribution is -2.35. The molecule has 3 nitrogen and oxygen atoms in total. The van der Waals surface area contributed by atoms with Crippen molar-refractivity contribution in [1.82, 2.24) is 9.88 Å². The number of aromatic nitrogens is 1. The Morgan fingerprint density at radius 3 is 3.18 bits per heavy atom. The molecule has 1 aromatic carbocycles. The number of aryl methyl sites for hydroxylation is 1. The summed E-state index contributed by atoms with van der Waals surface area (Å²) >= 11 is 1.77. The van der Waals surface area contributed by atoms with E-state index >= 15 is 0 Å². The molecule has 1 aliphatic rings. The molecule has 3 rings (SSSR count). The average Bonchev–Trinajstić information content (AvgIpc) is 3.06. The second kappa shape index (κ2) is 7.75. The second-order valence-electron chi connectivity index (χ2n) is 6.06. The van der Waals surface area contributed by atoms with Gasteiger partial charge < -0.3 is 4.74 Å². The zero-order chi connectivity index (χ0) is 15.2. The van der Waals surface area contributed by atoms with Gasteiger partial charge in [0.2, 0.25) is 0 Å². The lowest BCUT2D eigenvalue weighted by molar-refractivity contribution is 0.161. The van der Waals surface area contributed by atoms with Crippen molar-refractivity contribution in [2.45, 2.75) is 32.2 Å². The number of piperidine rings is 1. The third-order valence-electron chi connectivity index (χ3n) is 4.42. The van der Waals surface area contributed by atoms with Gasteiger partial charge in [-0.1, -0.05) is 12.1 Å². The number of thiazole rings is 1. The van der Waals surface area contributed by atoms with Gasteiger partial charge in [0.1, 0.15) is 10.8 Å². The quantitative estimate of drug-likeness (QED) is 0.805. The van der Waals surface area contributed by atoms with E-state index in [4.69, 9.17) is 4.74 Å². The van der Waals surface area contributed by atoms with Crippen molar-refractivity contribution in [3.05, 3.63) is 46.4 Å². The van der Waals surface area contributed by atoms with E-state index in [9.17, 15) is 0 Å². The van der Waals surface area contributed by atoms with Gasteiger partial charge in [-0.15, -0.1) is 11.3 Å². The normalized spacial score (nSPS) is 19.2. The summed E-state index contributed by atoms with van der Waals surface area (Å²) in [7, 11) is 1.73. The summed E-state index contributed by atoms with van der Waals surface area (Å²) in [5, 5.41) is 3.31. The van der Waals surface area contributed by atoms with Crippen LogP contribution in [0.15, 0.2) is 35.8 Å². The molecule has 2 heterocycles. The van der Waals surface area contributed by atoms with Crippen LogP contribution in [0.5, 0.6) is 5.75 Å². The monoisotopic (exact) mass is 316 g/mol. The molecule has 1 atom stereocenters. The summed E-state index contributed by atoms with van der Waals surface area (Å²) in [5.41, 5.74) is 1.39. The van der Waals surface area contributed by atoms with Crippen molar-refractivity contribution in [2.24, 2.45) is 5.92 Å². The summed E-state index contributed by atoms with van der Waals surface area (Å²) in [4.78, 5) is 6.98. The number of benzene rings is 1. The highest BCUT2D eigenvalue weighted by molar-refractivity contribution is 7.09. The number of hydrogen-bond donors (Lipinski definition) is 0. The molecule has 0 bridgehead atoms. The molecule has 2 aromatic rings. The van der Waals surface area contributed by atoms with Gasteiger partial charge in [0.05, 0.1) is 13.7 Å². The molecule has 118 valence electrons. The van der Waals surface area contributed by atoms with Crippen molar-refractivity contribution in [2.75, 3.05) is 20.2 Å². The molecule has 1 aliphatic heterocycles. The number of ether oxygens (including phenoxy) is 1. The van der Waals surface area contributed by atoms with E-state index < -0.39 is 0 Å². The number of likely N-dealkylation sites (tertiary alicyclic amines) is 1. The molecule has 1 saturated heterocycles. The Labute approximate surface area is 137 Å². The molecule has 4 heteroatoms. The third-order valence-corrected chi connectivity index (χ3v) is 5.19. The first kappa shape index (κ1) is 15.5. The summed E-state index contributed by atoms with van der Waals surface area (Å²) in [5.74, 6) is 1.77. The van der Waals surface area contributed by atoms with Gasteiger partial charge in [0, 0.05) is 18.1 Å². The van der Waals surface area contributed by atoms with E-state index in [1.165, 1.54) is 42.9 Å². The van der Waals surface area contributed by atoms with Crippen molar-refractivity contribution >= 4 is 11.3 Å². The van der Waals surface area contributed by atoms with Crippen molar-refractivity contribution < 1.29 is 4.74 Å². The lowest BCUT2D eigenvalue weighted by Gasteiger charge is -2.32. The molecular weight excluding hydrogens is 292 g/mol. The maximum Gasteiger partial charge on any atom is 0.119 e. The standard InChI is InChI=1S/C18H24N2OS/c1-21-17-6-2-4-15(12-17)7-8-16-5-3-10-20(13-16)14-18-19-9-11-22-18/h2,4,6,9,11-12,16H,3,5,7-8,10,13-14H2,1H3/t16-/m1/s1. The Balaban J connectivity index is 1.49. The van der Waals surface area contributed by atoms with E-state index in [1.807, 2.05) is 12.3 Å². The molecule has 22 heavy (non-hydrogen) atoms. The Morgan fingerprint density at radius 2 is 2.36 bits per heavy atom. The Morgan fingerprint density at radius 1 is 1.41 bits per heavy atom. The SMILES string of the molecule is COc1cccc(CC[C@H]2CCCN(Cc3nccs3)C2)c1. The van der Waals surface area contributed by atoms with Crippen LogP contribution in [0, 0.1) is 5.92 Å². The maximum absolute atomic E-state index is 5.31. The highest BCUT2D eigenvalue weighted by Crippen LogP contribution is 2.24. The number of nitrogens with zero attached hydrogens (tertiary/aromatic N) is 2. The molecule has 0 N–H and O–H groups in total. The van der Waals surface area contributed by atoms with E-state index in [0.717, 1.165) is 24.6 Å². The van der Waals surface area contributed by atoms with Crippen LogP contribution in [-0.4, -0.2) is 30.1 Å². The van der Waals surface area contributed by atoms with Crippen molar-refractivity contribution in [3.63, 3.8) is 0 Å². The Bertz CT molecular complexity index is 570. The predicted octanol–water partition coefficient (Wildman–Crippen LogP) is 4.00.